The topological polar surface area (TPSA) is 97.4 Å². The van der Waals surface area contributed by atoms with Gasteiger partial charge < -0.3 is 10.1 Å². The Bertz CT molecular complexity index is 1250. The van der Waals surface area contributed by atoms with Gasteiger partial charge in [-0.3, -0.25) is 4.72 Å². The maximum Gasteiger partial charge on any atom is 0.416 e. The van der Waals surface area contributed by atoms with Crippen molar-refractivity contribution < 1.29 is 32.5 Å². The number of alkyl halides is 3. The third kappa shape index (κ3) is 5.02. The molecular formula is C20H18F3N3O4S2. The van der Waals surface area contributed by atoms with E-state index in [4.69, 9.17) is 4.74 Å². The standard InChI is InChI=1S/C20H16F3N3O4S2.H2/c21-20(22,23)14-2-1-3-16(11-14)30-19(27)25-15-8-12-4-5-17(10-13(12)9-15)32(28,29)26-18-24-6-7-31-18;/h1-7,10-11,15H,8-9H2,(H,24,26)(H,25,27);1H. The lowest BCUT2D eigenvalue weighted by Gasteiger charge is -2.13. The van der Waals surface area contributed by atoms with Crippen molar-refractivity contribution in [3.63, 3.8) is 0 Å². The van der Waals surface area contributed by atoms with E-state index in [-0.39, 0.29) is 23.2 Å². The number of carbonyl (C=O) groups is 1. The summed E-state index contributed by atoms with van der Waals surface area (Å²) in [6, 6.07) is 8.33. The van der Waals surface area contributed by atoms with E-state index in [9.17, 15) is 26.4 Å². The van der Waals surface area contributed by atoms with Crippen LogP contribution in [0.2, 0.25) is 0 Å². The Hall–Kier alpha value is -3.12. The van der Waals surface area contributed by atoms with Crippen molar-refractivity contribution >= 4 is 32.6 Å². The van der Waals surface area contributed by atoms with E-state index in [0.717, 1.165) is 40.7 Å². The lowest BCUT2D eigenvalue weighted by molar-refractivity contribution is -0.137. The van der Waals surface area contributed by atoms with E-state index < -0.39 is 27.9 Å². The van der Waals surface area contributed by atoms with Gasteiger partial charge in [-0.2, -0.15) is 13.2 Å². The highest BCUT2D eigenvalue weighted by atomic mass is 32.2. The van der Waals surface area contributed by atoms with Gasteiger partial charge in [0.05, 0.1) is 10.5 Å². The molecule has 1 unspecified atom stereocenters. The number of fused-ring (bicyclic) bond motifs is 1. The fraction of sp³-hybridized carbons (Fsp3) is 0.200. The van der Waals surface area contributed by atoms with Crippen LogP contribution in [0.3, 0.4) is 0 Å². The minimum absolute atomic E-state index is 0. The fourth-order valence-electron chi connectivity index (χ4n) is 3.35. The molecule has 1 heterocycles. The largest absolute Gasteiger partial charge is 0.416 e. The number of ether oxygens (including phenoxy) is 1. The van der Waals surface area contributed by atoms with Crippen molar-refractivity contribution in [1.82, 2.24) is 10.3 Å². The maximum absolute atomic E-state index is 12.8. The Morgan fingerprint density at radius 3 is 2.66 bits per heavy atom. The molecule has 4 rings (SSSR count). The minimum atomic E-state index is -4.55. The summed E-state index contributed by atoms with van der Waals surface area (Å²) in [6.45, 7) is 0. The highest BCUT2D eigenvalue weighted by Crippen LogP contribution is 2.31. The molecule has 0 spiro atoms. The van der Waals surface area contributed by atoms with Crippen LogP contribution in [0.1, 0.15) is 18.1 Å². The molecule has 2 aromatic carbocycles. The molecule has 170 valence electrons. The van der Waals surface area contributed by atoms with E-state index in [0.29, 0.717) is 12.8 Å². The second-order valence-electron chi connectivity index (χ2n) is 7.04. The summed E-state index contributed by atoms with van der Waals surface area (Å²) >= 11 is 1.15. The number of benzene rings is 2. The number of carbonyl (C=O) groups excluding carboxylic acids is 1. The predicted octanol–water partition coefficient (Wildman–Crippen LogP) is 4.46. The second-order valence-corrected chi connectivity index (χ2v) is 9.61. The first-order valence-electron chi connectivity index (χ1n) is 9.30. The fourth-order valence-corrected chi connectivity index (χ4v) is 5.19. The van der Waals surface area contributed by atoms with Crippen molar-refractivity contribution in [3.05, 3.63) is 70.7 Å². The average molecular weight is 486 g/mol. The van der Waals surface area contributed by atoms with E-state index in [1.54, 1.807) is 11.4 Å². The number of anilines is 1. The van der Waals surface area contributed by atoms with Gasteiger partial charge in [-0.1, -0.05) is 12.1 Å². The third-order valence-electron chi connectivity index (χ3n) is 4.77. The molecule has 0 fully saturated rings. The van der Waals surface area contributed by atoms with Crippen molar-refractivity contribution in [2.75, 3.05) is 4.72 Å². The van der Waals surface area contributed by atoms with E-state index in [1.807, 2.05) is 0 Å². The van der Waals surface area contributed by atoms with Crippen LogP contribution in [0, 0.1) is 0 Å². The Labute approximate surface area is 186 Å². The molecule has 1 atom stereocenters. The lowest BCUT2D eigenvalue weighted by Crippen LogP contribution is -2.37. The number of amides is 1. The lowest BCUT2D eigenvalue weighted by atomic mass is 10.1. The van der Waals surface area contributed by atoms with Crippen LogP contribution < -0.4 is 14.8 Å². The Morgan fingerprint density at radius 1 is 1.16 bits per heavy atom. The molecule has 0 bridgehead atoms. The second kappa shape index (κ2) is 8.43. The normalized spacial score (nSPS) is 15.8. The first-order valence-corrected chi connectivity index (χ1v) is 11.7. The zero-order valence-electron chi connectivity index (χ0n) is 16.2. The number of halogens is 3. The van der Waals surface area contributed by atoms with Crippen molar-refractivity contribution in [3.8, 4) is 5.75 Å². The van der Waals surface area contributed by atoms with Crippen LogP contribution in [0.4, 0.5) is 23.1 Å². The molecule has 0 saturated carbocycles. The zero-order chi connectivity index (χ0) is 22.9. The van der Waals surface area contributed by atoms with Crippen LogP contribution in [-0.4, -0.2) is 25.5 Å². The number of sulfonamides is 1. The summed E-state index contributed by atoms with van der Waals surface area (Å²) in [4.78, 5) is 16.1. The van der Waals surface area contributed by atoms with Gasteiger partial charge in [0, 0.05) is 19.0 Å². The number of thiazole rings is 1. The quantitative estimate of drug-likeness (QED) is 0.556. The van der Waals surface area contributed by atoms with Gasteiger partial charge in [0.1, 0.15) is 5.75 Å². The highest BCUT2D eigenvalue weighted by Gasteiger charge is 2.31. The molecule has 12 heteroatoms. The van der Waals surface area contributed by atoms with Gasteiger partial charge in [0.15, 0.2) is 5.13 Å². The van der Waals surface area contributed by atoms with Crippen LogP contribution in [0.5, 0.6) is 5.75 Å². The molecule has 0 saturated heterocycles. The monoisotopic (exact) mass is 485 g/mol. The molecule has 0 aliphatic heterocycles. The first-order chi connectivity index (χ1) is 15.1. The van der Waals surface area contributed by atoms with Crippen LogP contribution in [0.25, 0.3) is 0 Å². The summed E-state index contributed by atoms with van der Waals surface area (Å²) in [5, 5.41) is 4.51. The summed E-state index contributed by atoms with van der Waals surface area (Å²) in [7, 11) is -3.81. The van der Waals surface area contributed by atoms with E-state index in [2.05, 4.69) is 15.0 Å². The average Bonchev–Trinajstić information content (AvgIpc) is 3.35. The molecule has 7 nitrogen and oxygen atoms in total. The smallest absolute Gasteiger partial charge is 0.410 e. The van der Waals surface area contributed by atoms with E-state index >= 15 is 0 Å². The van der Waals surface area contributed by atoms with Gasteiger partial charge in [-0.25, -0.2) is 18.2 Å². The third-order valence-corrected chi connectivity index (χ3v) is 6.92. The molecule has 0 radical (unpaired) electrons. The summed E-state index contributed by atoms with van der Waals surface area (Å²) in [5.74, 6) is -0.227. The van der Waals surface area contributed by atoms with Crippen LogP contribution >= 0.6 is 11.3 Å². The number of hydrogen-bond acceptors (Lipinski definition) is 6. The zero-order valence-corrected chi connectivity index (χ0v) is 17.9. The molecule has 1 aliphatic rings. The van der Waals surface area contributed by atoms with Crippen molar-refractivity contribution in [2.24, 2.45) is 0 Å². The number of hydrogen-bond donors (Lipinski definition) is 2. The molecule has 2 N–H and O–H groups in total. The molecule has 1 aromatic heterocycles. The first kappa shape index (κ1) is 22.1. The van der Waals surface area contributed by atoms with Gasteiger partial charge in [-0.05, 0) is 54.3 Å². The number of aromatic nitrogens is 1. The molecule has 32 heavy (non-hydrogen) atoms. The Balaban J connectivity index is 0.00000306. The van der Waals surface area contributed by atoms with Gasteiger partial charge >= 0.3 is 12.3 Å². The highest BCUT2D eigenvalue weighted by molar-refractivity contribution is 7.93. The van der Waals surface area contributed by atoms with Crippen molar-refractivity contribution in [1.29, 1.82) is 0 Å². The number of rotatable bonds is 5. The Kier molecular flexibility index (Phi) is 5.82. The Morgan fingerprint density at radius 2 is 1.94 bits per heavy atom. The summed E-state index contributed by atoms with van der Waals surface area (Å²) in [6.07, 6.45) is -3.16. The molecule has 1 amide bonds. The van der Waals surface area contributed by atoms with Gasteiger partial charge in [0.2, 0.25) is 0 Å². The van der Waals surface area contributed by atoms with Crippen molar-refractivity contribution in [2.45, 2.75) is 30.0 Å². The molecule has 1 aliphatic carbocycles. The summed E-state index contributed by atoms with van der Waals surface area (Å²) in [5.41, 5.74) is 0.690. The number of nitrogens with zero attached hydrogens (tertiary/aromatic N) is 1. The molecular weight excluding hydrogens is 467 g/mol. The van der Waals surface area contributed by atoms with E-state index in [1.165, 1.54) is 24.4 Å². The predicted molar refractivity (Wildman–Crippen MR) is 113 cm³/mol. The molecule has 3 aromatic rings. The van der Waals surface area contributed by atoms with Crippen LogP contribution in [-0.2, 0) is 29.0 Å². The van der Waals surface area contributed by atoms with Crippen LogP contribution in [0.15, 0.2) is 58.9 Å². The number of nitrogens with one attached hydrogen (secondary N) is 2. The maximum atomic E-state index is 12.8. The SMILES string of the molecule is O=C(NC1Cc2ccc(S(=O)(=O)Nc3nccs3)cc2C1)Oc1cccc(C(F)(F)F)c1.[HH]. The van der Waals surface area contributed by atoms with Gasteiger partial charge in [0.25, 0.3) is 10.0 Å². The summed E-state index contributed by atoms with van der Waals surface area (Å²) < 4.78 is 70.9. The van der Waals surface area contributed by atoms with Gasteiger partial charge in [-0.15, -0.1) is 11.3 Å². The minimum Gasteiger partial charge on any atom is -0.410 e.